The molecule has 0 spiro atoms. The fraction of sp³-hybridized carbons (Fsp3) is 0.900. The topological polar surface area (TPSA) is 46.3 Å². The molecule has 0 aromatic carbocycles. The maximum absolute atomic E-state index is 11.8. The zero-order valence-corrected chi connectivity index (χ0v) is 9.42. The van der Waals surface area contributed by atoms with Crippen LogP contribution in [-0.2, 0) is 4.79 Å². The lowest BCUT2D eigenvalue weighted by Gasteiger charge is -2.34. The summed E-state index contributed by atoms with van der Waals surface area (Å²) in [5.74, 6) is 0.127. The molecule has 0 rings (SSSR count). The molecule has 1 unspecified atom stereocenters. The van der Waals surface area contributed by atoms with Crippen LogP contribution in [0.2, 0.25) is 0 Å². The third-order valence-electron chi connectivity index (χ3n) is 2.46. The zero-order valence-electron chi connectivity index (χ0n) is 9.42. The van der Waals surface area contributed by atoms with Crippen LogP contribution in [0.15, 0.2) is 0 Å². The Balaban J connectivity index is 4.41. The lowest BCUT2D eigenvalue weighted by atomic mass is 10.0. The summed E-state index contributed by atoms with van der Waals surface area (Å²) in [4.78, 5) is 13.6. The van der Waals surface area contributed by atoms with Crippen LogP contribution in [0.3, 0.4) is 0 Å². The molecule has 0 aromatic rings. The summed E-state index contributed by atoms with van der Waals surface area (Å²) in [6.45, 7) is 8.50. The molecule has 0 saturated heterocycles. The Labute approximate surface area is 81.3 Å². The van der Waals surface area contributed by atoms with Crippen molar-refractivity contribution in [3.05, 3.63) is 0 Å². The maximum atomic E-state index is 11.8. The predicted molar refractivity (Wildman–Crippen MR) is 55.4 cm³/mol. The highest BCUT2D eigenvalue weighted by Gasteiger charge is 2.26. The van der Waals surface area contributed by atoms with Gasteiger partial charge in [-0.3, -0.25) is 4.79 Å². The first-order valence-corrected chi connectivity index (χ1v) is 4.82. The highest BCUT2D eigenvalue weighted by Crippen LogP contribution is 2.15. The fourth-order valence-electron chi connectivity index (χ4n) is 1.05. The minimum absolute atomic E-state index is 0.0239. The quantitative estimate of drug-likeness (QED) is 0.720. The van der Waals surface area contributed by atoms with Gasteiger partial charge in [0.2, 0.25) is 5.91 Å². The van der Waals surface area contributed by atoms with E-state index in [-0.39, 0.29) is 17.4 Å². The van der Waals surface area contributed by atoms with Crippen molar-refractivity contribution < 1.29 is 4.79 Å². The van der Waals surface area contributed by atoms with Crippen LogP contribution in [0.1, 0.15) is 34.1 Å². The SMILES string of the molecule is CCC(CN)C(=O)N(C)C(C)(C)C. The molecule has 0 aliphatic carbocycles. The fourth-order valence-corrected chi connectivity index (χ4v) is 1.05. The van der Waals surface area contributed by atoms with Gasteiger partial charge in [-0.25, -0.2) is 0 Å². The molecule has 0 aliphatic rings. The molecule has 2 N–H and O–H groups in total. The van der Waals surface area contributed by atoms with Crippen molar-refractivity contribution in [2.45, 2.75) is 39.7 Å². The Morgan fingerprint density at radius 3 is 2.15 bits per heavy atom. The van der Waals surface area contributed by atoms with Gasteiger partial charge in [-0.15, -0.1) is 0 Å². The first kappa shape index (κ1) is 12.4. The molecular formula is C10H22N2O. The van der Waals surface area contributed by atoms with Crippen molar-refractivity contribution in [2.24, 2.45) is 11.7 Å². The molecule has 0 saturated carbocycles. The van der Waals surface area contributed by atoms with E-state index in [9.17, 15) is 4.79 Å². The van der Waals surface area contributed by atoms with E-state index in [2.05, 4.69) is 0 Å². The van der Waals surface area contributed by atoms with Gasteiger partial charge < -0.3 is 10.6 Å². The van der Waals surface area contributed by atoms with E-state index >= 15 is 0 Å². The van der Waals surface area contributed by atoms with E-state index in [1.54, 1.807) is 4.90 Å². The van der Waals surface area contributed by atoms with Crippen molar-refractivity contribution in [3.8, 4) is 0 Å². The van der Waals surface area contributed by atoms with E-state index < -0.39 is 0 Å². The number of rotatable bonds is 3. The second-order valence-corrected chi connectivity index (χ2v) is 4.41. The predicted octanol–water partition coefficient (Wildman–Crippen LogP) is 1.23. The van der Waals surface area contributed by atoms with Crippen LogP contribution < -0.4 is 5.73 Å². The Morgan fingerprint density at radius 2 is 1.92 bits per heavy atom. The van der Waals surface area contributed by atoms with Crippen LogP contribution in [0.4, 0.5) is 0 Å². The summed E-state index contributed by atoms with van der Waals surface area (Å²) in [5, 5.41) is 0. The number of carbonyl (C=O) groups is 1. The number of carbonyl (C=O) groups excluding carboxylic acids is 1. The molecule has 78 valence electrons. The number of hydrogen-bond acceptors (Lipinski definition) is 2. The highest BCUT2D eigenvalue weighted by molar-refractivity contribution is 5.79. The number of amides is 1. The first-order chi connectivity index (χ1) is 5.84. The maximum Gasteiger partial charge on any atom is 0.227 e. The van der Waals surface area contributed by atoms with Crippen LogP contribution in [-0.4, -0.2) is 29.9 Å². The summed E-state index contributed by atoms with van der Waals surface area (Å²) in [6, 6.07) is 0. The van der Waals surface area contributed by atoms with Gasteiger partial charge in [0.15, 0.2) is 0 Å². The Morgan fingerprint density at radius 1 is 1.46 bits per heavy atom. The van der Waals surface area contributed by atoms with Gasteiger partial charge in [-0.2, -0.15) is 0 Å². The third kappa shape index (κ3) is 3.35. The molecule has 3 nitrogen and oxygen atoms in total. The van der Waals surface area contributed by atoms with Crippen molar-refractivity contribution in [1.29, 1.82) is 0 Å². The Bertz CT molecular complexity index is 168. The van der Waals surface area contributed by atoms with Gasteiger partial charge in [0.25, 0.3) is 0 Å². The Kier molecular flexibility index (Phi) is 4.40. The summed E-state index contributed by atoms with van der Waals surface area (Å²) in [7, 11) is 1.83. The molecule has 0 fully saturated rings. The van der Waals surface area contributed by atoms with Crippen LogP contribution >= 0.6 is 0 Å². The lowest BCUT2D eigenvalue weighted by Crippen LogP contribution is -2.46. The molecule has 0 bridgehead atoms. The normalized spacial score (nSPS) is 14.0. The van der Waals surface area contributed by atoms with E-state index in [0.29, 0.717) is 6.54 Å². The number of nitrogens with two attached hydrogens (primary N) is 1. The van der Waals surface area contributed by atoms with Crippen molar-refractivity contribution in [2.75, 3.05) is 13.6 Å². The van der Waals surface area contributed by atoms with Crippen LogP contribution in [0.25, 0.3) is 0 Å². The minimum Gasteiger partial charge on any atom is -0.341 e. The standard InChI is InChI=1S/C10H22N2O/c1-6-8(7-11)9(13)12(5)10(2,3)4/h8H,6-7,11H2,1-5H3. The number of hydrogen-bond donors (Lipinski definition) is 1. The second kappa shape index (κ2) is 4.61. The molecule has 0 radical (unpaired) electrons. The van der Waals surface area contributed by atoms with Gasteiger partial charge in [-0.1, -0.05) is 6.92 Å². The molecule has 1 amide bonds. The van der Waals surface area contributed by atoms with E-state index in [1.807, 2.05) is 34.7 Å². The van der Waals surface area contributed by atoms with Gasteiger partial charge >= 0.3 is 0 Å². The van der Waals surface area contributed by atoms with Gasteiger partial charge in [0, 0.05) is 19.1 Å². The second-order valence-electron chi connectivity index (χ2n) is 4.41. The largest absolute Gasteiger partial charge is 0.341 e. The third-order valence-corrected chi connectivity index (χ3v) is 2.46. The first-order valence-electron chi connectivity index (χ1n) is 4.82. The van der Waals surface area contributed by atoms with Gasteiger partial charge in [-0.05, 0) is 27.2 Å². The number of nitrogens with zero attached hydrogens (tertiary/aromatic N) is 1. The van der Waals surface area contributed by atoms with Crippen LogP contribution in [0.5, 0.6) is 0 Å². The summed E-state index contributed by atoms with van der Waals surface area (Å²) < 4.78 is 0. The smallest absolute Gasteiger partial charge is 0.227 e. The van der Waals surface area contributed by atoms with Crippen LogP contribution in [0, 0.1) is 5.92 Å². The average Bonchev–Trinajstić information content (AvgIpc) is 2.03. The minimum atomic E-state index is -0.111. The Hall–Kier alpha value is -0.570. The zero-order chi connectivity index (χ0) is 10.6. The van der Waals surface area contributed by atoms with Crippen molar-refractivity contribution in [1.82, 2.24) is 4.90 Å². The lowest BCUT2D eigenvalue weighted by molar-refractivity contribution is -0.138. The van der Waals surface area contributed by atoms with E-state index in [4.69, 9.17) is 5.73 Å². The highest BCUT2D eigenvalue weighted by atomic mass is 16.2. The summed E-state index contributed by atoms with van der Waals surface area (Å²) in [6.07, 6.45) is 0.815. The van der Waals surface area contributed by atoms with Crippen molar-refractivity contribution >= 4 is 5.91 Å². The van der Waals surface area contributed by atoms with Crippen molar-refractivity contribution in [3.63, 3.8) is 0 Å². The molecular weight excluding hydrogens is 164 g/mol. The molecule has 0 heterocycles. The molecule has 3 heteroatoms. The van der Waals surface area contributed by atoms with E-state index in [1.165, 1.54) is 0 Å². The monoisotopic (exact) mass is 186 g/mol. The molecule has 0 aliphatic heterocycles. The summed E-state index contributed by atoms with van der Waals surface area (Å²) >= 11 is 0. The van der Waals surface area contributed by atoms with Gasteiger partial charge in [0.05, 0.1) is 5.92 Å². The molecule has 0 aromatic heterocycles. The van der Waals surface area contributed by atoms with Gasteiger partial charge in [0.1, 0.15) is 0 Å². The van der Waals surface area contributed by atoms with E-state index in [0.717, 1.165) is 6.42 Å². The average molecular weight is 186 g/mol. The molecule has 13 heavy (non-hydrogen) atoms. The summed E-state index contributed by atoms with van der Waals surface area (Å²) in [5.41, 5.74) is 5.41. The molecule has 1 atom stereocenters.